The number of rotatable bonds is 9. The third-order valence-electron chi connectivity index (χ3n) is 5.48. The van der Waals surface area contributed by atoms with Gasteiger partial charge in [0.05, 0.1) is 11.7 Å². The quantitative estimate of drug-likeness (QED) is 0.448. The first kappa shape index (κ1) is 25.1. The van der Waals surface area contributed by atoms with Gasteiger partial charge in [-0.2, -0.15) is 13.2 Å². The summed E-state index contributed by atoms with van der Waals surface area (Å²) in [6.45, 7) is 0.151. The first-order valence-electron chi connectivity index (χ1n) is 10.7. The van der Waals surface area contributed by atoms with Crippen molar-refractivity contribution in [1.29, 1.82) is 0 Å². The lowest BCUT2D eigenvalue weighted by molar-refractivity contribution is -0.137. The average molecular weight is 470 g/mol. The lowest BCUT2D eigenvalue weighted by Crippen LogP contribution is -2.40. The van der Waals surface area contributed by atoms with Gasteiger partial charge in [0.2, 0.25) is 5.91 Å². The van der Waals surface area contributed by atoms with E-state index in [0.717, 1.165) is 12.1 Å². The molecule has 8 heteroatoms. The third kappa shape index (κ3) is 6.30. The molecule has 0 bridgehead atoms. The molecule has 3 N–H and O–H groups in total. The van der Waals surface area contributed by atoms with Gasteiger partial charge in [-0.25, -0.2) is 0 Å². The molecule has 0 aliphatic carbocycles. The number of hydrogen-bond acceptors (Lipinski definition) is 4. The number of alkyl halides is 3. The number of hydrogen-bond donors (Lipinski definition) is 2. The topological polar surface area (TPSA) is 83.6 Å². The predicted molar refractivity (Wildman–Crippen MR) is 123 cm³/mol. The van der Waals surface area contributed by atoms with Crippen molar-refractivity contribution in [1.82, 2.24) is 0 Å². The second-order valence-corrected chi connectivity index (χ2v) is 7.84. The van der Waals surface area contributed by atoms with Gasteiger partial charge in [-0.3, -0.25) is 4.79 Å². The largest absolute Gasteiger partial charge is 0.416 e. The monoisotopic (exact) mass is 470 g/mol. The van der Waals surface area contributed by atoms with Crippen molar-refractivity contribution in [3.05, 3.63) is 101 Å². The standard InChI is InChI=1S/C26H25F3N2O3/c27-26(28,29)21-11-9-18(10-12-21)13-15-31(25(34)24(30)19-5-2-1-3-6-19)22-8-4-7-20(17-22)23(33)14-16-32/h1-12,16-17,23-24,33H,13-15,30H2. The van der Waals surface area contributed by atoms with E-state index < -0.39 is 29.8 Å². The van der Waals surface area contributed by atoms with Crippen LogP contribution in [-0.2, 0) is 22.2 Å². The smallest absolute Gasteiger partial charge is 0.388 e. The number of nitrogens with zero attached hydrogens (tertiary/aromatic N) is 1. The van der Waals surface area contributed by atoms with Gasteiger partial charge in [0.15, 0.2) is 0 Å². The van der Waals surface area contributed by atoms with Crippen molar-refractivity contribution in [3.8, 4) is 0 Å². The van der Waals surface area contributed by atoms with Crippen molar-refractivity contribution in [2.75, 3.05) is 11.4 Å². The van der Waals surface area contributed by atoms with Crippen LogP contribution in [0.2, 0.25) is 0 Å². The average Bonchev–Trinajstić information content (AvgIpc) is 2.84. The number of aldehydes is 1. The van der Waals surface area contributed by atoms with Crippen molar-refractivity contribution >= 4 is 17.9 Å². The number of nitrogens with two attached hydrogens (primary N) is 1. The van der Waals surface area contributed by atoms with Gasteiger partial charge in [0.25, 0.3) is 0 Å². The minimum absolute atomic E-state index is 0.0908. The number of carbonyl (C=O) groups excluding carboxylic acids is 2. The van der Waals surface area contributed by atoms with Crippen LogP contribution in [0.4, 0.5) is 18.9 Å². The molecule has 2 atom stereocenters. The second kappa shape index (κ2) is 11.1. The van der Waals surface area contributed by atoms with Crippen LogP contribution in [0, 0.1) is 0 Å². The van der Waals surface area contributed by atoms with Gasteiger partial charge in [-0.05, 0) is 47.4 Å². The number of carbonyl (C=O) groups is 2. The molecule has 3 aromatic carbocycles. The van der Waals surface area contributed by atoms with Crippen LogP contribution in [0.25, 0.3) is 0 Å². The van der Waals surface area contributed by atoms with Crippen LogP contribution in [0.15, 0.2) is 78.9 Å². The molecule has 0 aromatic heterocycles. The van der Waals surface area contributed by atoms with E-state index in [0.29, 0.717) is 28.7 Å². The summed E-state index contributed by atoms with van der Waals surface area (Å²) in [5.41, 5.74) is 7.67. The molecule has 0 aliphatic rings. The highest BCUT2D eigenvalue weighted by Crippen LogP contribution is 2.29. The zero-order chi connectivity index (χ0) is 24.7. The summed E-state index contributed by atoms with van der Waals surface area (Å²) in [5.74, 6) is -0.403. The van der Waals surface area contributed by atoms with Crippen LogP contribution >= 0.6 is 0 Å². The van der Waals surface area contributed by atoms with Crippen molar-refractivity contribution in [2.24, 2.45) is 5.73 Å². The SMILES string of the molecule is NC(C(=O)N(CCc1ccc(C(F)(F)F)cc1)c1cccc(C(O)CC=O)c1)c1ccccc1. The number of benzene rings is 3. The van der Waals surface area contributed by atoms with Gasteiger partial charge < -0.3 is 20.5 Å². The summed E-state index contributed by atoms with van der Waals surface area (Å²) in [6, 6.07) is 19.2. The van der Waals surface area contributed by atoms with E-state index in [-0.39, 0.29) is 19.4 Å². The Balaban J connectivity index is 1.88. The summed E-state index contributed by atoms with van der Waals surface area (Å²) in [5, 5.41) is 10.2. The van der Waals surface area contributed by atoms with Crippen molar-refractivity contribution in [2.45, 2.75) is 31.2 Å². The Morgan fingerprint density at radius 3 is 2.24 bits per heavy atom. The molecule has 0 aliphatic heterocycles. The third-order valence-corrected chi connectivity index (χ3v) is 5.48. The number of anilines is 1. The Kier molecular flexibility index (Phi) is 8.20. The highest BCUT2D eigenvalue weighted by molar-refractivity contribution is 5.97. The molecule has 0 heterocycles. The lowest BCUT2D eigenvalue weighted by Gasteiger charge is -2.27. The minimum Gasteiger partial charge on any atom is -0.388 e. The molecule has 34 heavy (non-hydrogen) atoms. The molecular formula is C26H25F3N2O3. The molecule has 0 fully saturated rings. The van der Waals surface area contributed by atoms with E-state index in [9.17, 15) is 27.9 Å². The number of aliphatic hydroxyl groups is 1. The molecule has 0 saturated carbocycles. The summed E-state index contributed by atoms with van der Waals surface area (Å²) < 4.78 is 38.6. The molecule has 3 rings (SSSR count). The fraction of sp³-hybridized carbons (Fsp3) is 0.231. The highest BCUT2D eigenvalue weighted by Gasteiger charge is 2.30. The Bertz CT molecular complexity index is 1100. The fourth-order valence-corrected chi connectivity index (χ4v) is 3.57. The summed E-state index contributed by atoms with van der Waals surface area (Å²) in [4.78, 5) is 25.6. The maximum atomic E-state index is 13.4. The van der Waals surface area contributed by atoms with Crippen LogP contribution in [0.3, 0.4) is 0 Å². The minimum atomic E-state index is -4.42. The summed E-state index contributed by atoms with van der Waals surface area (Å²) >= 11 is 0. The molecule has 1 amide bonds. The molecule has 5 nitrogen and oxygen atoms in total. The Morgan fingerprint density at radius 2 is 1.62 bits per heavy atom. The zero-order valence-electron chi connectivity index (χ0n) is 18.3. The van der Waals surface area contributed by atoms with Gasteiger partial charge in [-0.1, -0.05) is 54.6 Å². The number of halogens is 3. The maximum absolute atomic E-state index is 13.4. The van der Waals surface area contributed by atoms with Crippen LogP contribution in [-0.4, -0.2) is 23.8 Å². The Morgan fingerprint density at radius 1 is 0.971 bits per heavy atom. The van der Waals surface area contributed by atoms with Crippen molar-refractivity contribution in [3.63, 3.8) is 0 Å². The number of aliphatic hydroxyl groups excluding tert-OH is 1. The van der Waals surface area contributed by atoms with Gasteiger partial charge >= 0.3 is 6.18 Å². The summed E-state index contributed by atoms with van der Waals surface area (Å²) in [6.07, 6.45) is -4.65. The normalized spacial score (nSPS) is 13.2. The molecule has 3 aromatic rings. The molecule has 0 saturated heterocycles. The van der Waals surface area contributed by atoms with E-state index in [1.165, 1.54) is 17.0 Å². The van der Waals surface area contributed by atoms with E-state index >= 15 is 0 Å². The Hall–Kier alpha value is -3.49. The predicted octanol–water partition coefficient (Wildman–Crippen LogP) is 4.60. The van der Waals surface area contributed by atoms with Crippen LogP contribution in [0.1, 0.15) is 40.8 Å². The molecule has 0 spiro atoms. The lowest BCUT2D eigenvalue weighted by atomic mass is 10.0. The first-order valence-corrected chi connectivity index (χ1v) is 10.7. The van der Waals surface area contributed by atoms with E-state index in [1.54, 1.807) is 54.6 Å². The molecule has 178 valence electrons. The fourth-order valence-electron chi connectivity index (χ4n) is 3.57. The first-order chi connectivity index (χ1) is 16.2. The van der Waals surface area contributed by atoms with Gasteiger partial charge in [0.1, 0.15) is 12.3 Å². The zero-order valence-corrected chi connectivity index (χ0v) is 18.3. The highest BCUT2D eigenvalue weighted by atomic mass is 19.4. The van der Waals surface area contributed by atoms with Gasteiger partial charge in [-0.15, -0.1) is 0 Å². The van der Waals surface area contributed by atoms with Crippen LogP contribution < -0.4 is 10.6 Å². The van der Waals surface area contributed by atoms with E-state index in [1.807, 2.05) is 0 Å². The van der Waals surface area contributed by atoms with Gasteiger partial charge in [0, 0.05) is 18.7 Å². The summed E-state index contributed by atoms with van der Waals surface area (Å²) in [7, 11) is 0. The van der Waals surface area contributed by atoms with Crippen molar-refractivity contribution < 1.29 is 27.9 Å². The molecule has 0 radical (unpaired) electrons. The van der Waals surface area contributed by atoms with E-state index in [2.05, 4.69) is 0 Å². The molecule has 2 unspecified atom stereocenters. The Labute approximate surface area is 195 Å². The maximum Gasteiger partial charge on any atom is 0.416 e. The van der Waals surface area contributed by atoms with Crippen LogP contribution in [0.5, 0.6) is 0 Å². The molecular weight excluding hydrogens is 445 g/mol. The van der Waals surface area contributed by atoms with E-state index in [4.69, 9.17) is 5.73 Å². The number of amides is 1. The second-order valence-electron chi connectivity index (χ2n) is 7.84.